The summed E-state index contributed by atoms with van der Waals surface area (Å²) < 4.78 is 9.77. The molecular formula is C19H17NO5. The minimum atomic E-state index is -0.734. The van der Waals surface area contributed by atoms with Gasteiger partial charge >= 0.3 is 11.9 Å². The number of ether oxygens (including phenoxy) is 2. The fourth-order valence-electron chi connectivity index (χ4n) is 2.83. The second-order valence-corrected chi connectivity index (χ2v) is 5.54. The van der Waals surface area contributed by atoms with E-state index in [1.165, 1.54) is 19.2 Å². The van der Waals surface area contributed by atoms with Crippen molar-refractivity contribution in [3.63, 3.8) is 0 Å². The summed E-state index contributed by atoms with van der Waals surface area (Å²) in [5.41, 5.74) is 2.12. The second kappa shape index (κ2) is 7.17. The molecule has 6 nitrogen and oxygen atoms in total. The molecule has 0 radical (unpaired) electrons. The van der Waals surface area contributed by atoms with Crippen LogP contribution in [-0.4, -0.2) is 38.1 Å². The van der Waals surface area contributed by atoms with E-state index in [9.17, 15) is 14.4 Å². The van der Waals surface area contributed by atoms with Gasteiger partial charge in [0.1, 0.15) is 0 Å². The Labute approximate surface area is 145 Å². The fourth-order valence-corrected chi connectivity index (χ4v) is 2.83. The van der Waals surface area contributed by atoms with Crippen LogP contribution < -0.4 is 4.90 Å². The Morgan fingerprint density at radius 2 is 1.60 bits per heavy atom. The molecule has 0 spiro atoms. The van der Waals surface area contributed by atoms with Crippen LogP contribution in [0.25, 0.3) is 0 Å². The van der Waals surface area contributed by atoms with Gasteiger partial charge in [-0.25, -0.2) is 9.59 Å². The highest BCUT2D eigenvalue weighted by Gasteiger charge is 2.26. The zero-order valence-electron chi connectivity index (χ0n) is 13.7. The molecule has 2 aromatic rings. The van der Waals surface area contributed by atoms with Gasteiger partial charge in [-0.2, -0.15) is 0 Å². The molecular weight excluding hydrogens is 322 g/mol. The Balaban J connectivity index is 1.68. The molecule has 0 saturated carbocycles. The normalized spacial score (nSPS) is 12.4. The number of amides is 1. The molecule has 25 heavy (non-hydrogen) atoms. The zero-order chi connectivity index (χ0) is 17.8. The molecule has 1 amide bonds. The number of hydrogen-bond acceptors (Lipinski definition) is 5. The molecule has 3 rings (SSSR count). The molecule has 2 aromatic carbocycles. The van der Waals surface area contributed by atoms with Crippen LogP contribution in [0.15, 0.2) is 48.5 Å². The van der Waals surface area contributed by atoms with E-state index in [1.54, 1.807) is 17.0 Å². The summed E-state index contributed by atoms with van der Waals surface area (Å²) in [4.78, 5) is 38.0. The van der Waals surface area contributed by atoms with E-state index in [2.05, 4.69) is 4.74 Å². The van der Waals surface area contributed by atoms with Crippen molar-refractivity contribution in [3.8, 4) is 0 Å². The van der Waals surface area contributed by atoms with E-state index in [-0.39, 0.29) is 23.6 Å². The SMILES string of the molecule is COC(=O)c1ccccc1C(=O)OCC(=O)N1CCc2ccccc21. The number of benzene rings is 2. The van der Waals surface area contributed by atoms with Crippen molar-refractivity contribution in [2.75, 3.05) is 25.2 Å². The number of nitrogens with zero attached hydrogens (tertiary/aromatic N) is 1. The third-order valence-electron chi connectivity index (χ3n) is 4.07. The quantitative estimate of drug-likeness (QED) is 0.799. The number of methoxy groups -OCH3 is 1. The van der Waals surface area contributed by atoms with Crippen LogP contribution in [0.4, 0.5) is 5.69 Å². The van der Waals surface area contributed by atoms with Crippen LogP contribution in [-0.2, 0) is 20.7 Å². The highest BCUT2D eigenvalue weighted by atomic mass is 16.5. The summed E-state index contributed by atoms with van der Waals surface area (Å²) in [5, 5.41) is 0. The van der Waals surface area contributed by atoms with E-state index >= 15 is 0 Å². The summed E-state index contributed by atoms with van der Waals surface area (Å²) in [6.07, 6.45) is 0.779. The van der Waals surface area contributed by atoms with Crippen molar-refractivity contribution in [1.29, 1.82) is 0 Å². The fraction of sp³-hybridized carbons (Fsp3) is 0.211. The standard InChI is InChI=1S/C19H17NO5/c1-24-18(22)14-7-3-4-8-15(14)19(23)25-12-17(21)20-11-10-13-6-2-5-9-16(13)20/h2-9H,10-12H2,1H3. The number of carbonyl (C=O) groups is 3. The maximum atomic E-state index is 12.4. The molecule has 1 heterocycles. The predicted octanol–water partition coefficient (Wildman–Crippen LogP) is 2.22. The highest BCUT2D eigenvalue weighted by Crippen LogP contribution is 2.27. The van der Waals surface area contributed by atoms with Gasteiger partial charge in [0.25, 0.3) is 5.91 Å². The molecule has 0 bridgehead atoms. The Kier molecular flexibility index (Phi) is 4.79. The molecule has 128 valence electrons. The van der Waals surface area contributed by atoms with Gasteiger partial charge in [0.2, 0.25) is 0 Å². The summed E-state index contributed by atoms with van der Waals surface area (Å²) in [7, 11) is 1.23. The maximum Gasteiger partial charge on any atom is 0.339 e. The van der Waals surface area contributed by atoms with Gasteiger partial charge in [-0.1, -0.05) is 30.3 Å². The minimum absolute atomic E-state index is 0.0731. The van der Waals surface area contributed by atoms with Crippen LogP contribution in [0.1, 0.15) is 26.3 Å². The first-order valence-corrected chi connectivity index (χ1v) is 7.84. The predicted molar refractivity (Wildman–Crippen MR) is 90.6 cm³/mol. The lowest BCUT2D eigenvalue weighted by Crippen LogP contribution is -2.33. The van der Waals surface area contributed by atoms with Crippen molar-refractivity contribution in [2.24, 2.45) is 0 Å². The average molecular weight is 339 g/mol. The summed E-state index contributed by atoms with van der Waals surface area (Å²) in [6, 6.07) is 13.8. The minimum Gasteiger partial charge on any atom is -0.465 e. The number of esters is 2. The zero-order valence-corrected chi connectivity index (χ0v) is 13.7. The van der Waals surface area contributed by atoms with Gasteiger partial charge in [-0.05, 0) is 30.2 Å². The van der Waals surface area contributed by atoms with E-state index in [4.69, 9.17) is 4.74 Å². The lowest BCUT2D eigenvalue weighted by molar-refractivity contribution is -0.121. The first-order valence-electron chi connectivity index (χ1n) is 7.84. The lowest BCUT2D eigenvalue weighted by Gasteiger charge is -2.17. The Bertz CT molecular complexity index is 830. The molecule has 0 atom stereocenters. The van der Waals surface area contributed by atoms with Crippen molar-refractivity contribution >= 4 is 23.5 Å². The smallest absolute Gasteiger partial charge is 0.339 e. The van der Waals surface area contributed by atoms with Gasteiger partial charge in [0.05, 0.1) is 18.2 Å². The number of hydrogen-bond donors (Lipinski definition) is 0. The number of para-hydroxylation sites is 1. The van der Waals surface area contributed by atoms with Gasteiger partial charge < -0.3 is 14.4 Å². The van der Waals surface area contributed by atoms with E-state index in [0.717, 1.165) is 17.7 Å². The molecule has 0 saturated heterocycles. The number of fused-ring (bicyclic) bond motifs is 1. The van der Waals surface area contributed by atoms with Crippen molar-refractivity contribution in [3.05, 3.63) is 65.2 Å². The third-order valence-corrected chi connectivity index (χ3v) is 4.07. The molecule has 0 aromatic heterocycles. The lowest BCUT2D eigenvalue weighted by atomic mass is 10.1. The summed E-state index contributed by atoms with van der Waals surface area (Å²) >= 11 is 0. The third kappa shape index (κ3) is 3.38. The molecule has 6 heteroatoms. The van der Waals surface area contributed by atoms with Crippen molar-refractivity contribution in [1.82, 2.24) is 0 Å². The van der Waals surface area contributed by atoms with E-state index < -0.39 is 11.9 Å². The van der Waals surface area contributed by atoms with Crippen molar-refractivity contribution in [2.45, 2.75) is 6.42 Å². The Morgan fingerprint density at radius 1 is 0.960 bits per heavy atom. The van der Waals surface area contributed by atoms with Crippen LogP contribution in [0, 0.1) is 0 Å². The largest absolute Gasteiger partial charge is 0.465 e. The van der Waals surface area contributed by atoms with Gasteiger partial charge in [0.15, 0.2) is 6.61 Å². The highest BCUT2D eigenvalue weighted by molar-refractivity contribution is 6.04. The summed E-state index contributed by atoms with van der Waals surface area (Å²) in [6.45, 7) is 0.178. The van der Waals surface area contributed by atoms with Crippen molar-refractivity contribution < 1.29 is 23.9 Å². The number of rotatable bonds is 4. The molecule has 0 unspecified atom stereocenters. The van der Waals surface area contributed by atoms with Gasteiger partial charge in [0, 0.05) is 12.2 Å². The topological polar surface area (TPSA) is 72.9 Å². The van der Waals surface area contributed by atoms with Crippen LogP contribution in [0.3, 0.4) is 0 Å². The molecule has 0 fully saturated rings. The van der Waals surface area contributed by atoms with Gasteiger partial charge in [-0.3, -0.25) is 4.79 Å². The molecule has 1 aliphatic heterocycles. The number of anilines is 1. The molecule has 0 N–H and O–H groups in total. The van der Waals surface area contributed by atoms with E-state index in [1.807, 2.05) is 24.3 Å². The Morgan fingerprint density at radius 3 is 2.32 bits per heavy atom. The second-order valence-electron chi connectivity index (χ2n) is 5.54. The Hall–Kier alpha value is -3.15. The number of carbonyl (C=O) groups excluding carboxylic acids is 3. The van der Waals surface area contributed by atoms with Crippen LogP contribution in [0.5, 0.6) is 0 Å². The van der Waals surface area contributed by atoms with E-state index in [0.29, 0.717) is 6.54 Å². The average Bonchev–Trinajstić information content (AvgIpc) is 3.09. The first-order chi connectivity index (χ1) is 12.1. The summed E-state index contributed by atoms with van der Waals surface area (Å²) in [5.74, 6) is -1.66. The maximum absolute atomic E-state index is 12.4. The van der Waals surface area contributed by atoms with Crippen LogP contribution in [0.2, 0.25) is 0 Å². The van der Waals surface area contributed by atoms with Crippen LogP contribution >= 0.6 is 0 Å². The molecule has 0 aliphatic carbocycles. The van der Waals surface area contributed by atoms with Gasteiger partial charge in [-0.15, -0.1) is 0 Å². The first kappa shape index (κ1) is 16.7. The monoisotopic (exact) mass is 339 g/mol. The molecule has 1 aliphatic rings.